The summed E-state index contributed by atoms with van der Waals surface area (Å²) in [6.45, 7) is 6.40. The van der Waals surface area contributed by atoms with Gasteiger partial charge in [0.25, 0.3) is 0 Å². The maximum atomic E-state index is 9.39. The minimum Gasteiger partial charge on any atom is -0.392 e. The zero-order valence-electron chi connectivity index (χ0n) is 10.4. The van der Waals surface area contributed by atoms with Crippen LogP contribution < -0.4 is 10.2 Å². The monoisotopic (exact) mass is 222 g/mol. The van der Waals surface area contributed by atoms with Crippen molar-refractivity contribution in [1.82, 2.24) is 5.32 Å². The Bertz CT molecular complexity index is 313. The summed E-state index contributed by atoms with van der Waals surface area (Å²) >= 11 is 0. The van der Waals surface area contributed by atoms with E-state index in [0.717, 1.165) is 13.1 Å². The SMILES string of the molecule is CCNCc1ccccc1N(C)CC(C)O. The first-order valence-corrected chi connectivity index (χ1v) is 5.83. The molecule has 16 heavy (non-hydrogen) atoms. The van der Waals surface area contributed by atoms with Gasteiger partial charge in [0.05, 0.1) is 6.10 Å². The Balaban J connectivity index is 2.76. The smallest absolute Gasteiger partial charge is 0.0686 e. The van der Waals surface area contributed by atoms with Crippen molar-refractivity contribution >= 4 is 5.69 Å². The molecule has 3 heteroatoms. The third-order valence-corrected chi connectivity index (χ3v) is 2.51. The van der Waals surface area contributed by atoms with Crippen LogP contribution in [-0.2, 0) is 6.54 Å². The number of benzene rings is 1. The largest absolute Gasteiger partial charge is 0.392 e. The van der Waals surface area contributed by atoms with Gasteiger partial charge in [-0.1, -0.05) is 25.1 Å². The minimum absolute atomic E-state index is 0.308. The van der Waals surface area contributed by atoms with Crippen molar-refractivity contribution in [1.29, 1.82) is 0 Å². The van der Waals surface area contributed by atoms with Gasteiger partial charge in [-0.15, -0.1) is 0 Å². The average Bonchev–Trinajstić information content (AvgIpc) is 2.25. The zero-order chi connectivity index (χ0) is 12.0. The van der Waals surface area contributed by atoms with Gasteiger partial charge in [0, 0.05) is 25.8 Å². The summed E-state index contributed by atoms with van der Waals surface area (Å²) in [6, 6.07) is 8.29. The fraction of sp³-hybridized carbons (Fsp3) is 0.538. The number of para-hydroxylation sites is 1. The number of hydrogen-bond donors (Lipinski definition) is 2. The quantitative estimate of drug-likeness (QED) is 0.767. The summed E-state index contributed by atoms with van der Waals surface area (Å²) in [4.78, 5) is 2.09. The summed E-state index contributed by atoms with van der Waals surface area (Å²) < 4.78 is 0. The Morgan fingerprint density at radius 3 is 2.69 bits per heavy atom. The lowest BCUT2D eigenvalue weighted by Crippen LogP contribution is -2.28. The molecule has 0 aromatic heterocycles. The molecule has 0 heterocycles. The number of anilines is 1. The second kappa shape index (κ2) is 6.51. The summed E-state index contributed by atoms with van der Waals surface area (Å²) in [5.74, 6) is 0. The molecule has 0 amide bonds. The lowest BCUT2D eigenvalue weighted by Gasteiger charge is -2.23. The number of nitrogens with zero attached hydrogens (tertiary/aromatic N) is 1. The van der Waals surface area contributed by atoms with Crippen molar-refractivity contribution in [2.75, 3.05) is 25.0 Å². The molecule has 90 valence electrons. The van der Waals surface area contributed by atoms with E-state index in [1.807, 2.05) is 26.1 Å². The molecule has 0 aliphatic carbocycles. The van der Waals surface area contributed by atoms with Crippen LogP contribution >= 0.6 is 0 Å². The van der Waals surface area contributed by atoms with E-state index < -0.39 is 0 Å². The van der Waals surface area contributed by atoms with Gasteiger partial charge in [-0.3, -0.25) is 0 Å². The second-order valence-corrected chi connectivity index (χ2v) is 4.14. The molecule has 0 aliphatic rings. The molecule has 0 saturated heterocycles. The molecule has 1 rings (SSSR count). The number of aliphatic hydroxyl groups excluding tert-OH is 1. The van der Waals surface area contributed by atoms with E-state index in [4.69, 9.17) is 0 Å². The Morgan fingerprint density at radius 2 is 2.06 bits per heavy atom. The molecule has 0 saturated carbocycles. The minimum atomic E-state index is -0.308. The van der Waals surface area contributed by atoms with Crippen LogP contribution in [-0.4, -0.2) is 31.3 Å². The van der Waals surface area contributed by atoms with Gasteiger partial charge in [-0.05, 0) is 25.1 Å². The Hall–Kier alpha value is -1.06. The van der Waals surface area contributed by atoms with Gasteiger partial charge in [-0.2, -0.15) is 0 Å². The normalized spacial score (nSPS) is 12.5. The number of hydrogen-bond acceptors (Lipinski definition) is 3. The highest BCUT2D eigenvalue weighted by atomic mass is 16.3. The molecule has 1 aromatic rings. The number of likely N-dealkylation sites (N-methyl/N-ethyl adjacent to an activating group) is 1. The molecule has 1 unspecified atom stereocenters. The van der Waals surface area contributed by atoms with Gasteiger partial charge in [-0.25, -0.2) is 0 Å². The van der Waals surface area contributed by atoms with E-state index in [9.17, 15) is 5.11 Å². The topological polar surface area (TPSA) is 35.5 Å². The highest BCUT2D eigenvalue weighted by molar-refractivity contribution is 5.53. The molecule has 0 radical (unpaired) electrons. The third-order valence-electron chi connectivity index (χ3n) is 2.51. The van der Waals surface area contributed by atoms with Crippen molar-refractivity contribution in [3.63, 3.8) is 0 Å². The maximum absolute atomic E-state index is 9.39. The van der Waals surface area contributed by atoms with Gasteiger partial charge in [0.2, 0.25) is 0 Å². The number of rotatable bonds is 6. The van der Waals surface area contributed by atoms with Crippen LogP contribution in [0.2, 0.25) is 0 Å². The highest BCUT2D eigenvalue weighted by Gasteiger charge is 2.08. The van der Waals surface area contributed by atoms with E-state index in [2.05, 4.69) is 29.3 Å². The summed E-state index contributed by atoms with van der Waals surface area (Å²) in [5.41, 5.74) is 2.46. The van der Waals surface area contributed by atoms with Gasteiger partial charge < -0.3 is 15.3 Å². The molecule has 1 aromatic carbocycles. The van der Waals surface area contributed by atoms with Crippen LogP contribution in [0.1, 0.15) is 19.4 Å². The van der Waals surface area contributed by atoms with Crippen molar-refractivity contribution in [3.05, 3.63) is 29.8 Å². The van der Waals surface area contributed by atoms with E-state index in [-0.39, 0.29) is 6.10 Å². The van der Waals surface area contributed by atoms with Crippen molar-refractivity contribution in [2.24, 2.45) is 0 Å². The molecule has 0 aliphatic heterocycles. The maximum Gasteiger partial charge on any atom is 0.0686 e. The van der Waals surface area contributed by atoms with Crippen molar-refractivity contribution in [2.45, 2.75) is 26.5 Å². The van der Waals surface area contributed by atoms with Crippen LogP contribution in [0.5, 0.6) is 0 Å². The van der Waals surface area contributed by atoms with Gasteiger partial charge >= 0.3 is 0 Å². The number of aliphatic hydroxyl groups is 1. The molecule has 3 nitrogen and oxygen atoms in total. The fourth-order valence-corrected chi connectivity index (χ4v) is 1.79. The predicted molar refractivity (Wildman–Crippen MR) is 68.8 cm³/mol. The first-order chi connectivity index (χ1) is 7.65. The van der Waals surface area contributed by atoms with Crippen LogP contribution in [0, 0.1) is 0 Å². The lowest BCUT2D eigenvalue weighted by atomic mass is 10.1. The molecular weight excluding hydrogens is 200 g/mol. The van der Waals surface area contributed by atoms with E-state index in [1.165, 1.54) is 11.3 Å². The second-order valence-electron chi connectivity index (χ2n) is 4.14. The van der Waals surface area contributed by atoms with E-state index in [1.54, 1.807) is 0 Å². The Kier molecular flexibility index (Phi) is 5.29. The molecule has 1 atom stereocenters. The lowest BCUT2D eigenvalue weighted by molar-refractivity contribution is 0.201. The standard InChI is InChI=1S/C13H22N2O/c1-4-14-9-12-7-5-6-8-13(12)15(3)10-11(2)16/h5-8,11,14,16H,4,9-10H2,1-3H3. The average molecular weight is 222 g/mol. The van der Waals surface area contributed by atoms with Crippen LogP contribution in [0.15, 0.2) is 24.3 Å². The van der Waals surface area contributed by atoms with E-state index >= 15 is 0 Å². The Morgan fingerprint density at radius 1 is 1.38 bits per heavy atom. The van der Waals surface area contributed by atoms with Crippen LogP contribution in [0.3, 0.4) is 0 Å². The first kappa shape index (κ1) is 13.0. The Labute approximate surface area is 98.1 Å². The summed E-state index contributed by atoms with van der Waals surface area (Å²) in [5, 5.41) is 12.7. The van der Waals surface area contributed by atoms with Gasteiger partial charge in [0.1, 0.15) is 0 Å². The van der Waals surface area contributed by atoms with Crippen LogP contribution in [0.4, 0.5) is 5.69 Å². The zero-order valence-corrected chi connectivity index (χ0v) is 10.4. The fourth-order valence-electron chi connectivity index (χ4n) is 1.79. The molecule has 0 bridgehead atoms. The van der Waals surface area contributed by atoms with E-state index in [0.29, 0.717) is 6.54 Å². The van der Waals surface area contributed by atoms with Crippen LogP contribution in [0.25, 0.3) is 0 Å². The molecule has 0 spiro atoms. The van der Waals surface area contributed by atoms with Crippen molar-refractivity contribution < 1.29 is 5.11 Å². The molecule has 0 fully saturated rings. The van der Waals surface area contributed by atoms with Crippen molar-refractivity contribution in [3.8, 4) is 0 Å². The number of nitrogens with one attached hydrogen (secondary N) is 1. The highest BCUT2D eigenvalue weighted by Crippen LogP contribution is 2.19. The summed E-state index contributed by atoms with van der Waals surface area (Å²) in [6.07, 6.45) is -0.308. The predicted octanol–water partition coefficient (Wildman–Crippen LogP) is 1.61. The first-order valence-electron chi connectivity index (χ1n) is 5.83. The van der Waals surface area contributed by atoms with Gasteiger partial charge in [0.15, 0.2) is 0 Å². The third kappa shape index (κ3) is 3.83. The molecule has 2 N–H and O–H groups in total. The molecular formula is C13H22N2O. The summed E-state index contributed by atoms with van der Waals surface area (Å²) in [7, 11) is 2.01.